The van der Waals surface area contributed by atoms with Crippen LogP contribution in [-0.4, -0.2) is 38.7 Å². The number of hydrogen-bond donors (Lipinski definition) is 1. The zero-order valence-corrected chi connectivity index (χ0v) is 13.9. The zero-order valence-electron chi connectivity index (χ0n) is 13.9. The molecule has 0 saturated carbocycles. The third kappa shape index (κ3) is 5.93. The van der Waals surface area contributed by atoms with E-state index in [0.717, 1.165) is 18.8 Å². The molecule has 1 atom stereocenters. The Bertz CT molecular complexity index is 381. The molecule has 0 heterocycles. The molecule has 3 heteroatoms. The van der Waals surface area contributed by atoms with Gasteiger partial charge in [-0.3, -0.25) is 0 Å². The summed E-state index contributed by atoms with van der Waals surface area (Å²) in [7, 11) is 4.20. The summed E-state index contributed by atoms with van der Waals surface area (Å²) in [6.07, 6.45) is 0. The minimum atomic E-state index is 0.325. The van der Waals surface area contributed by atoms with Crippen LogP contribution in [-0.2, 0) is 0 Å². The van der Waals surface area contributed by atoms with Gasteiger partial charge in [0.05, 0.1) is 6.61 Å². The summed E-state index contributed by atoms with van der Waals surface area (Å²) in [5.74, 6) is 0.939. The van der Waals surface area contributed by atoms with E-state index in [1.807, 2.05) is 26.1 Å². The first kappa shape index (κ1) is 17.0. The lowest BCUT2D eigenvalue weighted by molar-refractivity contribution is 0.210. The van der Waals surface area contributed by atoms with Gasteiger partial charge in [0, 0.05) is 19.1 Å². The number of rotatable bonds is 7. The average molecular weight is 278 g/mol. The van der Waals surface area contributed by atoms with E-state index < -0.39 is 0 Å². The highest BCUT2D eigenvalue weighted by Gasteiger charge is 2.17. The van der Waals surface area contributed by atoms with Crippen LogP contribution < -0.4 is 10.1 Å². The predicted octanol–water partition coefficient (Wildman–Crippen LogP) is 3.32. The summed E-state index contributed by atoms with van der Waals surface area (Å²) in [5, 5.41) is 3.40. The fourth-order valence-corrected chi connectivity index (χ4v) is 2.51. The number of nitrogens with zero attached hydrogens (tertiary/aromatic N) is 1. The van der Waals surface area contributed by atoms with E-state index in [9.17, 15) is 0 Å². The quantitative estimate of drug-likeness (QED) is 0.828. The number of benzene rings is 1. The summed E-state index contributed by atoms with van der Waals surface area (Å²) >= 11 is 0. The highest BCUT2D eigenvalue weighted by atomic mass is 16.5. The van der Waals surface area contributed by atoms with Gasteiger partial charge in [-0.05, 0) is 44.1 Å². The monoisotopic (exact) mass is 278 g/mol. The molecule has 0 saturated heterocycles. The summed E-state index contributed by atoms with van der Waals surface area (Å²) in [4.78, 5) is 2.39. The van der Waals surface area contributed by atoms with Crippen LogP contribution >= 0.6 is 0 Å². The second-order valence-electron chi connectivity index (χ2n) is 6.60. The van der Waals surface area contributed by atoms with Crippen molar-refractivity contribution in [1.82, 2.24) is 10.2 Å². The van der Waals surface area contributed by atoms with Gasteiger partial charge in [0.25, 0.3) is 0 Å². The van der Waals surface area contributed by atoms with Gasteiger partial charge in [0.2, 0.25) is 0 Å². The maximum absolute atomic E-state index is 5.49. The smallest absolute Gasteiger partial charge is 0.119 e. The third-order valence-corrected chi connectivity index (χ3v) is 3.18. The van der Waals surface area contributed by atoms with E-state index in [-0.39, 0.29) is 0 Å². The van der Waals surface area contributed by atoms with Crippen LogP contribution in [0.25, 0.3) is 0 Å². The largest absolute Gasteiger partial charge is 0.494 e. The molecule has 1 N–H and O–H groups in total. The van der Waals surface area contributed by atoms with Crippen LogP contribution in [0.2, 0.25) is 0 Å². The Balaban J connectivity index is 2.65. The van der Waals surface area contributed by atoms with Gasteiger partial charge < -0.3 is 15.0 Å². The molecule has 20 heavy (non-hydrogen) atoms. The normalized spacial score (nSPS) is 13.6. The molecule has 1 rings (SSSR count). The number of ether oxygens (including phenoxy) is 1. The van der Waals surface area contributed by atoms with Crippen LogP contribution in [0, 0.1) is 5.41 Å². The molecule has 0 bridgehead atoms. The first-order chi connectivity index (χ1) is 9.35. The van der Waals surface area contributed by atoms with Gasteiger partial charge in [-0.15, -0.1) is 0 Å². The molecule has 0 aliphatic heterocycles. The SMILES string of the molecule is CCOc1ccc(C(CN(C)CC(C)(C)C)NC)cc1. The molecule has 3 nitrogen and oxygen atoms in total. The molecule has 0 fully saturated rings. The summed E-state index contributed by atoms with van der Waals surface area (Å²) in [6, 6.07) is 8.74. The maximum atomic E-state index is 5.49. The average Bonchev–Trinajstić information content (AvgIpc) is 2.35. The van der Waals surface area contributed by atoms with E-state index in [2.05, 4.69) is 50.2 Å². The van der Waals surface area contributed by atoms with E-state index in [0.29, 0.717) is 18.1 Å². The lowest BCUT2D eigenvalue weighted by atomic mass is 9.96. The van der Waals surface area contributed by atoms with Gasteiger partial charge in [-0.1, -0.05) is 32.9 Å². The second-order valence-corrected chi connectivity index (χ2v) is 6.60. The Hall–Kier alpha value is -1.06. The predicted molar refractivity (Wildman–Crippen MR) is 86.4 cm³/mol. The van der Waals surface area contributed by atoms with Crippen molar-refractivity contribution in [3.63, 3.8) is 0 Å². The molecule has 0 spiro atoms. The second kappa shape index (κ2) is 7.65. The van der Waals surface area contributed by atoms with E-state index in [1.165, 1.54) is 5.56 Å². The summed E-state index contributed by atoms with van der Waals surface area (Å²) in [5.41, 5.74) is 1.63. The van der Waals surface area contributed by atoms with E-state index in [4.69, 9.17) is 4.74 Å². The molecule has 0 aromatic heterocycles. The Morgan fingerprint density at radius 2 is 1.80 bits per heavy atom. The Morgan fingerprint density at radius 1 is 1.20 bits per heavy atom. The van der Waals surface area contributed by atoms with E-state index in [1.54, 1.807) is 0 Å². The fraction of sp³-hybridized carbons (Fsp3) is 0.647. The molecular formula is C17H30N2O. The summed E-state index contributed by atoms with van der Waals surface area (Å²) in [6.45, 7) is 11.6. The van der Waals surface area contributed by atoms with Gasteiger partial charge in [0.15, 0.2) is 0 Å². The van der Waals surface area contributed by atoms with Gasteiger partial charge in [0.1, 0.15) is 5.75 Å². The highest BCUT2D eigenvalue weighted by Crippen LogP contribution is 2.20. The van der Waals surface area contributed by atoms with Crippen LogP contribution in [0.3, 0.4) is 0 Å². The highest BCUT2D eigenvalue weighted by molar-refractivity contribution is 5.29. The van der Waals surface area contributed by atoms with E-state index >= 15 is 0 Å². The minimum absolute atomic E-state index is 0.325. The maximum Gasteiger partial charge on any atom is 0.119 e. The molecule has 0 radical (unpaired) electrons. The standard InChI is InChI=1S/C17H30N2O/c1-7-20-15-10-8-14(9-11-15)16(18-5)12-19(6)13-17(2,3)4/h8-11,16,18H,7,12-13H2,1-6H3. The molecule has 0 aliphatic carbocycles. The van der Waals surface area contributed by atoms with Crippen molar-refractivity contribution in [2.24, 2.45) is 5.41 Å². The van der Waals surface area contributed by atoms with Crippen molar-refractivity contribution < 1.29 is 4.74 Å². The first-order valence-electron chi connectivity index (χ1n) is 7.44. The lowest BCUT2D eigenvalue weighted by Crippen LogP contribution is -2.36. The van der Waals surface area contributed by atoms with Gasteiger partial charge in [-0.25, -0.2) is 0 Å². The molecule has 1 aromatic carbocycles. The van der Waals surface area contributed by atoms with Crippen LogP contribution in [0.5, 0.6) is 5.75 Å². The number of nitrogens with one attached hydrogen (secondary N) is 1. The molecule has 1 aromatic rings. The Morgan fingerprint density at radius 3 is 2.25 bits per heavy atom. The number of likely N-dealkylation sites (N-methyl/N-ethyl adjacent to an activating group) is 2. The Labute approximate surface area is 124 Å². The molecule has 114 valence electrons. The van der Waals surface area contributed by atoms with Gasteiger partial charge >= 0.3 is 0 Å². The third-order valence-electron chi connectivity index (χ3n) is 3.18. The topological polar surface area (TPSA) is 24.5 Å². The summed E-state index contributed by atoms with van der Waals surface area (Å²) < 4.78 is 5.49. The fourth-order valence-electron chi connectivity index (χ4n) is 2.51. The van der Waals surface area contributed by atoms with Gasteiger partial charge in [-0.2, -0.15) is 0 Å². The molecule has 0 amide bonds. The minimum Gasteiger partial charge on any atom is -0.494 e. The zero-order chi connectivity index (χ0) is 15.2. The molecule has 0 aliphatic rings. The Kier molecular flexibility index (Phi) is 6.50. The molecule has 1 unspecified atom stereocenters. The number of hydrogen-bond acceptors (Lipinski definition) is 3. The van der Waals surface area contributed by atoms with Crippen LogP contribution in [0.4, 0.5) is 0 Å². The van der Waals surface area contributed by atoms with Crippen molar-refractivity contribution >= 4 is 0 Å². The van der Waals surface area contributed by atoms with Crippen molar-refractivity contribution in [2.75, 3.05) is 33.8 Å². The van der Waals surface area contributed by atoms with Crippen molar-refractivity contribution in [3.05, 3.63) is 29.8 Å². The first-order valence-corrected chi connectivity index (χ1v) is 7.44. The van der Waals surface area contributed by atoms with Crippen molar-refractivity contribution in [1.29, 1.82) is 0 Å². The van der Waals surface area contributed by atoms with Crippen LogP contribution in [0.1, 0.15) is 39.3 Å². The molecular weight excluding hydrogens is 248 g/mol. The lowest BCUT2D eigenvalue weighted by Gasteiger charge is -2.30. The van der Waals surface area contributed by atoms with Crippen molar-refractivity contribution in [2.45, 2.75) is 33.7 Å². The van der Waals surface area contributed by atoms with Crippen LogP contribution in [0.15, 0.2) is 24.3 Å². The van der Waals surface area contributed by atoms with Crippen molar-refractivity contribution in [3.8, 4) is 5.75 Å².